The van der Waals surface area contributed by atoms with Crippen molar-refractivity contribution >= 4 is 15.9 Å². The molecule has 0 spiro atoms. The molecule has 0 aliphatic carbocycles. The number of benzene rings is 1. The Kier molecular flexibility index (Phi) is 4.14. The number of rotatable bonds is 4. The molecule has 2 unspecified atom stereocenters. The Hall–Kier alpha value is -1.20. The average molecular weight is 310 g/mol. The van der Waals surface area contributed by atoms with E-state index in [1.807, 2.05) is 24.3 Å². The topological polar surface area (TPSA) is 64.9 Å². The van der Waals surface area contributed by atoms with Crippen LogP contribution in [-0.4, -0.2) is 10.1 Å². The zero-order valence-corrected chi connectivity index (χ0v) is 12.0. The Bertz CT molecular complexity index is 509. The molecule has 0 bridgehead atoms. The first-order chi connectivity index (χ1) is 8.61. The first-order valence-corrected chi connectivity index (χ1v) is 6.76. The lowest BCUT2D eigenvalue weighted by molar-refractivity contribution is 0.312. The van der Waals surface area contributed by atoms with Crippen LogP contribution in [0, 0.1) is 5.92 Å². The molecule has 0 fully saturated rings. The summed E-state index contributed by atoms with van der Waals surface area (Å²) >= 11 is 3.39. The van der Waals surface area contributed by atoms with Crippen LogP contribution in [0.25, 0.3) is 11.4 Å². The lowest BCUT2D eigenvalue weighted by atomic mass is 10.0. The van der Waals surface area contributed by atoms with Gasteiger partial charge in [0.2, 0.25) is 11.7 Å². The monoisotopic (exact) mass is 309 g/mol. The first-order valence-electron chi connectivity index (χ1n) is 5.97. The number of hydrogen-bond acceptors (Lipinski definition) is 4. The molecule has 96 valence electrons. The van der Waals surface area contributed by atoms with Crippen molar-refractivity contribution in [1.82, 2.24) is 10.1 Å². The van der Waals surface area contributed by atoms with E-state index in [0.29, 0.717) is 17.6 Å². The molecule has 4 nitrogen and oxygen atoms in total. The third-order valence-electron chi connectivity index (χ3n) is 3.09. The van der Waals surface area contributed by atoms with Crippen molar-refractivity contribution in [2.24, 2.45) is 11.7 Å². The van der Waals surface area contributed by atoms with E-state index in [-0.39, 0.29) is 6.04 Å². The zero-order chi connectivity index (χ0) is 13.1. The Labute approximate surface area is 115 Å². The summed E-state index contributed by atoms with van der Waals surface area (Å²) in [5.41, 5.74) is 6.98. The standard InChI is InChI=1S/C13H16BrN3O/c1-3-8(2)11(15)13-16-12(17-18-13)9-4-6-10(14)7-5-9/h4-8,11H,3,15H2,1-2H3. The molecule has 2 aromatic rings. The molecule has 2 rings (SSSR count). The molecule has 1 heterocycles. The van der Waals surface area contributed by atoms with Crippen LogP contribution < -0.4 is 5.73 Å². The normalized spacial score (nSPS) is 14.4. The fourth-order valence-corrected chi connectivity index (χ4v) is 1.85. The van der Waals surface area contributed by atoms with Gasteiger partial charge < -0.3 is 10.3 Å². The molecule has 1 aromatic heterocycles. The molecule has 0 aliphatic heterocycles. The summed E-state index contributed by atoms with van der Waals surface area (Å²) in [5, 5.41) is 3.97. The van der Waals surface area contributed by atoms with E-state index in [2.05, 4.69) is 39.9 Å². The van der Waals surface area contributed by atoms with Gasteiger partial charge in [-0.2, -0.15) is 4.98 Å². The van der Waals surface area contributed by atoms with Crippen LogP contribution in [-0.2, 0) is 0 Å². The third kappa shape index (κ3) is 2.79. The van der Waals surface area contributed by atoms with E-state index >= 15 is 0 Å². The largest absolute Gasteiger partial charge is 0.337 e. The minimum absolute atomic E-state index is 0.202. The quantitative estimate of drug-likeness (QED) is 0.938. The minimum atomic E-state index is -0.202. The van der Waals surface area contributed by atoms with Crippen molar-refractivity contribution < 1.29 is 4.52 Å². The highest BCUT2D eigenvalue weighted by molar-refractivity contribution is 9.10. The SMILES string of the molecule is CCC(C)C(N)c1nc(-c2ccc(Br)cc2)no1. The van der Waals surface area contributed by atoms with Crippen LogP contribution in [0.4, 0.5) is 0 Å². The van der Waals surface area contributed by atoms with Crippen LogP contribution in [0.1, 0.15) is 32.2 Å². The Morgan fingerprint density at radius 2 is 2.00 bits per heavy atom. The second kappa shape index (κ2) is 5.63. The summed E-state index contributed by atoms with van der Waals surface area (Å²) in [6.45, 7) is 4.17. The molecule has 0 amide bonds. The summed E-state index contributed by atoms with van der Waals surface area (Å²) in [5.74, 6) is 1.40. The van der Waals surface area contributed by atoms with Crippen LogP contribution >= 0.6 is 15.9 Å². The summed E-state index contributed by atoms with van der Waals surface area (Å²) in [4.78, 5) is 4.36. The van der Waals surface area contributed by atoms with Gasteiger partial charge in [-0.15, -0.1) is 0 Å². The highest BCUT2D eigenvalue weighted by atomic mass is 79.9. The highest BCUT2D eigenvalue weighted by Crippen LogP contribution is 2.24. The highest BCUT2D eigenvalue weighted by Gasteiger charge is 2.20. The van der Waals surface area contributed by atoms with E-state index in [4.69, 9.17) is 10.3 Å². The molecule has 5 heteroatoms. The van der Waals surface area contributed by atoms with Crippen LogP contribution in [0.5, 0.6) is 0 Å². The Morgan fingerprint density at radius 3 is 2.61 bits per heavy atom. The third-order valence-corrected chi connectivity index (χ3v) is 3.61. The summed E-state index contributed by atoms with van der Waals surface area (Å²) < 4.78 is 6.26. The van der Waals surface area contributed by atoms with Gasteiger partial charge in [0.25, 0.3) is 0 Å². The van der Waals surface area contributed by atoms with Gasteiger partial charge in [0, 0.05) is 10.0 Å². The molecule has 0 saturated carbocycles. The molecular formula is C13H16BrN3O. The summed E-state index contributed by atoms with van der Waals surface area (Å²) in [7, 11) is 0. The van der Waals surface area contributed by atoms with Crippen molar-refractivity contribution in [1.29, 1.82) is 0 Å². The van der Waals surface area contributed by atoms with Gasteiger partial charge in [0.15, 0.2) is 0 Å². The molecule has 18 heavy (non-hydrogen) atoms. The average Bonchev–Trinajstić information content (AvgIpc) is 2.87. The van der Waals surface area contributed by atoms with Gasteiger partial charge in [-0.05, 0) is 30.2 Å². The Balaban J connectivity index is 2.22. The van der Waals surface area contributed by atoms with Crippen molar-refractivity contribution in [2.45, 2.75) is 26.3 Å². The van der Waals surface area contributed by atoms with Gasteiger partial charge in [0.1, 0.15) is 0 Å². The Morgan fingerprint density at radius 1 is 1.33 bits per heavy atom. The van der Waals surface area contributed by atoms with Crippen molar-refractivity contribution in [2.75, 3.05) is 0 Å². The number of hydrogen-bond donors (Lipinski definition) is 1. The van der Waals surface area contributed by atoms with Crippen molar-refractivity contribution in [3.05, 3.63) is 34.6 Å². The minimum Gasteiger partial charge on any atom is -0.337 e. The molecule has 2 N–H and O–H groups in total. The van der Waals surface area contributed by atoms with Crippen molar-refractivity contribution in [3.8, 4) is 11.4 Å². The van der Waals surface area contributed by atoms with E-state index in [1.165, 1.54) is 0 Å². The number of halogens is 1. The second-order valence-corrected chi connectivity index (χ2v) is 5.29. The molecule has 0 saturated heterocycles. The molecule has 1 aromatic carbocycles. The van der Waals surface area contributed by atoms with Gasteiger partial charge >= 0.3 is 0 Å². The summed E-state index contributed by atoms with van der Waals surface area (Å²) in [6, 6.07) is 7.56. The number of nitrogens with two attached hydrogens (primary N) is 1. The van der Waals surface area contributed by atoms with E-state index in [1.54, 1.807) is 0 Å². The smallest absolute Gasteiger partial charge is 0.244 e. The fourth-order valence-electron chi connectivity index (χ4n) is 1.58. The maximum absolute atomic E-state index is 6.06. The predicted octanol–water partition coefficient (Wildman–Crippen LogP) is 3.55. The maximum Gasteiger partial charge on any atom is 0.244 e. The lowest BCUT2D eigenvalue weighted by Crippen LogP contribution is -2.18. The maximum atomic E-state index is 6.06. The number of aromatic nitrogens is 2. The second-order valence-electron chi connectivity index (χ2n) is 4.37. The molecule has 0 aliphatic rings. The fraction of sp³-hybridized carbons (Fsp3) is 0.385. The van der Waals surface area contributed by atoms with Gasteiger partial charge in [-0.25, -0.2) is 0 Å². The molecular weight excluding hydrogens is 294 g/mol. The van der Waals surface area contributed by atoms with Crippen LogP contribution in [0.2, 0.25) is 0 Å². The molecule has 0 radical (unpaired) electrons. The number of nitrogens with zero attached hydrogens (tertiary/aromatic N) is 2. The van der Waals surface area contributed by atoms with E-state index in [9.17, 15) is 0 Å². The first kappa shape index (κ1) is 13.2. The van der Waals surface area contributed by atoms with Crippen molar-refractivity contribution in [3.63, 3.8) is 0 Å². The van der Waals surface area contributed by atoms with Crippen LogP contribution in [0.15, 0.2) is 33.3 Å². The van der Waals surface area contributed by atoms with Gasteiger partial charge in [-0.1, -0.05) is 41.4 Å². The van der Waals surface area contributed by atoms with E-state index in [0.717, 1.165) is 16.5 Å². The lowest BCUT2D eigenvalue weighted by Gasteiger charge is -2.12. The van der Waals surface area contributed by atoms with Gasteiger partial charge in [-0.3, -0.25) is 0 Å². The molecule has 2 atom stereocenters. The zero-order valence-electron chi connectivity index (χ0n) is 10.4. The van der Waals surface area contributed by atoms with Crippen LogP contribution in [0.3, 0.4) is 0 Å². The van der Waals surface area contributed by atoms with Gasteiger partial charge in [0.05, 0.1) is 6.04 Å². The summed E-state index contributed by atoms with van der Waals surface area (Å²) in [6.07, 6.45) is 0.983. The predicted molar refractivity (Wildman–Crippen MR) is 73.8 cm³/mol. The van der Waals surface area contributed by atoms with E-state index < -0.39 is 0 Å².